The van der Waals surface area contributed by atoms with E-state index in [1.54, 1.807) is 0 Å². The third-order valence-corrected chi connectivity index (χ3v) is 4.00. The Bertz CT molecular complexity index is 549. The van der Waals surface area contributed by atoms with Crippen LogP contribution in [0, 0.1) is 0 Å². The molecule has 0 aliphatic heterocycles. The molecule has 0 unspecified atom stereocenters. The molecule has 1 saturated carbocycles. The summed E-state index contributed by atoms with van der Waals surface area (Å²) in [6, 6.07) is 7.75. The van der Waals surface area contributed by atoms with E-state index >= 15 is 0 Å². The summed E-state index contributed by atoms with van der Waals surface area (Å²) in [5.74, 6) is 0.799. The first kappa shape index (κ1) is 10.1. The van der Waals surface area contributed by atoms with Crippen LogP contribution >= 0.6 is 15.9 Å². The number of nitrogens with zero attached hydrogens (tertiary/aromatic N) is 1. The highest BCUT2D eigenvalue weighted by molar-refractivity contribution is 9.10. The van der Waals surface area contributed by atoms with Crippen LogP contribution in [0.15, 0.2) is 28.7 Å². The third-order valence-electron chi connectivity index (χ3n) is 3.31. The summed E-state index contributed by atoms with van der Waals surface area (Å²) in [6.07, 6.45) is 3.56. The van der Waals surface area contributed by atoms with Gasteiger partial charge in [0.2, 0.25) is 0 Å². The molecule has 16 heavy (non-hydrogen) atoms. The first-order chi connectivity index (χ1) is 7.75. The molecule has 0 atom stereocenters. The topological polar surface area (TPSA) is 33.1 Å². The highest BCUT2D eigenvalue weighted by Gasteiger charge is 2.24. The van der Waals surface area contributed by atoms with Crippen molar-refractivity contribution in [3.8, 4) is 5.75 Å². The van der Waals surface area contributed by atoms with Gasteiger partial charge in [-0.15, -0.1) is 0 Å². The van der Waals surface area contributed by atoms with Gasteiger partial charge in [0, 0.05) is 15.8 Å². The average Bonchev–Trinajstić information content (AvgIpc) is 2.18. The van der Waals surface area contributed by atoms with Gasteiger partial charge in [0.15, 0.2) is 0 Å². The van der Waals surface area contributed by atoms with Gasteiger partial charge in [0.05, 0.1) is 11.2 Å². The van der Waals surface area contributed by atoms with Crippen LogP contribution in [0.4, 0.5) is 0 Å². The van der Waals surface area contributed by atoms with E-state index in [0.29, 0.717) is 11.7 Å². The normalized spacial score (nSPS) is 16.3. The van der Waals surface area contributed by atoms with E-state index in [2.05, 4.69) is 20.9 Å². The molecule has 3 rings (SSSR count). The van der Waals surface area contributed by atoms with Gasteiger partial charge < -0.3 is 5.11 Å². The highest BCUT2D eigenvalue weighted by Crippen LogP contribution is 2.40. The monoisotopic (exact) mass is 277 g/mol. The SMILES string of the molecule is Oc1cc2c(Br)cccc2nc1C1CCC1. The second-order valence-corrected chi connectivity index (χ2v) is 5.18. The van der Waals surface area contributed by atoms with Crippen LogP contribution < -0.4 is 0 Å². The van der Waals surface area contributed by atoms with E-state index < -0.39 is 0 Å². The molecule has 1 N–H and O–H groups in total. The van der Waals surface area contributed by atoms with Gasteiger partial charge in [-0.2, -0.15) is 0 Å². The number of hydrogen-bond donors (Lipinski definition) is 1. The van der Waals surface area contributed by atoms with Crippen molar-refractivity contribution >= 4 is 26.8 Å². The lowest BCUT2D eigenvalue weighted by atomic mass is 9.82. The molecule has 0 radical (unpaired) electrons. The third kappa shape index (κ3) is 1.50. The largest absolute Gasteiger partial charge is 0.506 e. The zero-order valence-electron chi connectivity index (χ0n) is 8.78. The van der Waals surface area contributed by atoms with E-state index in [4.69, 9.17) is 0 Å². The molecule has 1 aliphatic carbocycles. The summed E-state index contributed by atoms with van der Waals surface area (Å²) in [5.41, 5.74) is 1.82. The Balaban J connectivity index is 2.21. The van der Waals surface area contributed by atoms with E-state index in [0.717, 1.165) is 33.9 Å². The lowest BCUT2D eigenvalue weighted by Crippen LogP contribution is -2.10. The number of fused-ring (bicyclic) bond motifs is 1. The van der Waals surface area contributed by atoms with E-state index in [1.165, 1.54) is 6.42 Å². The standard InChI is InChI=1S/C13H12BrNO/c14-10-5-2-6-11-9(10)7-12(16)13(15-11)8-3-1-4-8/h2,5-8,16H,1,3-4H2. The molecule has 0 saturated heterocycles. The Morgan fingerprint density at radius 1 is 1.31 bits per heavy atom. The van der Waals surface area contributed by atoms with Crippen molar-refractivity contribution in [3.05, 3.63) is 34.4 Å². The Hall–Kier alpha value is -1.09. The van der Waals surface area contributed by atoms with Gasteiger partial charge in [0.1, 0.15) is 5.75 Å². The summed E-state index contributed by atoms with van der Waals surface area (Å²) < 4.78 is 0.980. The molecular formula is C13H12BrNO. The van der Waals surface area contributed by atoms with E-state index in [9.17, 15) is 5.11 Å². The zero-order chi connectivity index (χ0) is 11.1. The molecule has 1 aromatic heterocycles. The first-order valence-corrected chi connectivity index (χ1v) is 6.33. The molecular weight excluding hydrogens is 266 g/mol. The number of aromatic hydroxyl groups is 1. The first-order valence-electron chi connectivity index (χ1n) is 5.54. The van der Waals surface area contributed by atoms with Crippen LogP contribution in [0.2, 0.25) is 0 Å². The summed E-state index contributed by atoms with van der Waals surface area (Å²) >= 11 is 3.47. The number of benzene rings is 1. The van der Waals surface area contributed by atoms with Crippen LogP contribution in [-0.4, -0.2) is 10.1 Å². The van der Waals surface area contributed by atoms with Crippen LogP contribution in [0.1, 0.15) is 30.9 Å². The number of halogens is 1. The Morgan fingerprint density at radius 2 is 2.12 bits per heavy atom. The molecule has 1 aliphatic rings. The van der Waals surface area contributed by atoms with Crippen molar-refractivity contribution in [2.24, 2.45) is 0 Å². The van der Waals surface area contributed by atoms with Crippen molar-refractivity contribution in [3.63, 3.8) is 0 Å². The average molecular weight is 278 g/mol. The molecule has 2 aromatic rings. The maximum atomic E-state index is 9.99. The fraction of sp³-hybridized carbons (Fsp3) is 0.308. The number of rotatable bonds is 1. The molecule has 1 aromatic carbocycles. The maximum absolute atomic E-state index is 9.99. The summed E-state index contributed by atoms with van der Waals surface area (Å²) in [7, 11) is 0. The van der Waals surface area contributed by atoms with Crippen LogP contribution in [-0.2, 0) is 0 Å². The fourth-order valence-electron chi connectivity index (χ4n) is 2.15. The lowest BCUT2D eigenvalue weighted by Gasteiger charge is -2.25. The van der Waals surface area contributed by atoms with Crippen molar-refractivity contribution in [2.45, 2.75) is 25.2 Å². The number of pyridine rings is 1. The summed E-state index contributed by atoms with van der Waals surface area (Å²) in [5, 5.41) is 11.0. The van der Waals surface area contributed by atoms with Crippen LogP contribution in [0.3, 0.4) is 0 Å². The zero-order valence-corrected chi connectivity index (χ0v) is 10.4. The molecule has 0 bridgehead atoms. The van der Waals surface area contributed by atoms with Gasteiger partial charge in [-0.05, 0) is 31.0 Å². The predicted octanol–water partition coefficient (Wildman–Crippen LogP) is 3.97. The molecule has 82 valence electrons. The molecule has 1 fully saturated rings. The van der Waals surface area contributed by atoms with E-state index in [1.807, 2.05) is 24.3 Å². The van der Waals surface area contributed by atoms with Crippen molar-refractivity contribution < 1.29 is 5.11 Å². The molecule has 1 heterocycles. The minimum atomic E-state index is 0.337. The summed E-state index contributed by atoms with van der Waals surface area (Å²) in [6.45, 7) is 0. The highest BCUT2D eigenvalue weighted by atomic mass is 79.9. The molecule has 3 heteroatoms. The minimum Gasteiger partial charge on any atom is -0.506 e. The lowest BCUT2D eigenvalue weighted by molar-refractivity contribution is 0.385. The number of hydrogen-bond acceptors (Lipinski definition) is 2. The van der Waals surface area contributed by atoms with Gasteiger partial charge in [-0.1, -0.05) is 28.4 Å². The fourth-order valence-corrected chi connectivity index (χ4v) is 2.62. The minimum absolute atomic E-state index is 0.337. The molecule has 0 spiro atoms. The Labute approximate surface area is 102 Å². The molecule has 0 amide bonds. The Morgan fingerprint density at radius 3 is 2.81 bits per heavy atom. The Kier molecular flexibility index (Phi) is 2.36. The second-order valence-electron chi connectivity index (χ2n) is 4.33. The quantitative estimate of drug-likeness (QED) is 0.856. The van der Waals surface area contributed by atoms with Gasteiger partial charge >= 0.3 is 0 Å². The second kappa shape index (κ2) is 3.74. The smallest absolute Gasteiger partial charge is 0.138 e. The van der Waals surface area contributed by atoms with Crippen molar-refractivity contribution in [1.29, 1.82) is 0 Å². The van der Waals surface area contributed by atoms with Crippen LogP contribution in [0.5, 0.6) is 5.75 Å². The van der Waals surface area contributed by atoms with Crippen molar-refractivity contribution in [2.75, 3.05) is 0 Å². The summed E-state index contributed by atoms with van der Waals surface area (Å²) in [4.78, 5) is 4.58. The predicted molar refractivity (Wildman–Crippen MR) is 67.7 cm³/mol. The molecule has 2 nitrogen and oxygen atoms in total. The number of aromatic nitrogens is 1. The maximum Gasteiger partial charge on any atom is 0.138 e. The van der Waals surface area contributed by atoms with Crippen LogP contribution in [0.25, 0.3) is 10.9 Å². The van der Waals surface area contributed by atoms with Gasteiger partial charge in [0.25, 0.3) is 0 Å². The van der Waals surface area contributed by atoms with Crippen molar-refractivity contribution in [1.82, 2.24) is 4.98 Å². The van der Waals surface area contributed by atoms with E-state index in [-0.39, 0.29) is 0 Å². The van der Waals surface area contributed by atoms with Gasteiger partial charge in [-0.3, -0.25) is 0 Å². The van der Waals surface area contributed by atoms with Gasteiger partial charge in [-0.25, -0.2) is 4.98 Å².